The van der Waals surface area contributed by atoms with Crippen molar-refractivity contribution in [2.75, 3.05) is 6.61 Å². The van der Waals surface area contributed by atoms with Crippen LogP contribution in [0.5, 0.6) is 0 Å². The number of esters is 1. The monoisotopic (exact) mass is 368 g/mol. The van der Waals surface area contributed by atoms with Gasteiger partial charge in [-0.2, -0.15) is 0 Å². The van der Waals surface area contributed by atoms with Crippen LogP contribution in [0.2, 0.25) is 0 Å². The zero-order valence-corrected chi connectivity index (χ0v) is 15.5. The number of carbonyl (C=O) groups is 2. The summed E-state index contributed by atoms with van der Waals surface area (Å²) in [4.78, 5) is 23.9. The Balaban J connectivity index is 1.98. The molecule has 8 heteroatoms. The number of hydrogen-bond acceptors (Lipinski definition) is 5. The lowest BCUT2D eigenvalue weighted by Crippen LogP contribution is -2.44. The van der Waals surface area contributed by atoms with Gasteiger partial charge in [0.2, 0.25) is 10.0 Å². The molecule has 0 heterocycles. The van der Waals surface area contributed by atoms with Gasteiger partial charge in [-0.25, -0.2) is 17.9 Å². The molecule has 1 aromatic carbocycles. The van der Waals surface area contributed by atoms with E-state index in [2.05, 4.69) is 10.0 Å². The van der Waals surface area contributed by atoms with Crippen LogP contribution in [-0.4, -0.2) is 38.5 Å². The molecule has 0 saturated heterocycles. The summed E-state index contributed by atoms with van der Waals surface area (Å²) in [5, 5.41) is 2.75. The van der Waals surface area contributed by atoms with Crippen molar-refractivity contribution >= 4 is 21.9 Å². The van der Waals surface area contributed by atoms with E-state index in [0.717, 1.165) is 19.3 Å². The number of ether oxygens (including phenoxy) is 1. The first-order chi connectivity index (χ1) is 11.6. The summed E-state index contributed by atoms with van der Waals surface area (Å²) in [5.74, 6) is -1.15. The molecule has 0 atom stereocenters. The molecule has 0 unspecified atom stereocenters. The summed E-state index contributed by atoms with van der Waals surface area (Å²) in [5.41, 5.74) is -0.299. The van der Waals surface area contributed by atoms with Crippen molar-refractivity contribution in [1.29, 1.82) is 0 Å². The predicted octanol–water partition coefficient (Wildman–Crippen LogP) is 1.59. The molecule has 2 rings (SSSR count). The minimum absolute atomic E-state index is 0.00502. The van der Waals surface area contributed by atoms with Crippen molar-refractivity contribution < 1.29 is 22.7 Å². The van der Waals surface area contributed by atoms with Gasteiger partial charge in [0.05, 0.1) is 10.5 Å². The van der Waals surface area contributed by atoms with Crippen LogP contribution in [0.4, 0.5) is 0 Å². The normalized spacial score (nSPS) is 14.8. The maximum Gasteiger partial charge on any atom is 0.338 e. The highest BCUT2D eigenvalue weighted by molar-refractivity contribution is 7.89. The largest absolute Gasteiger partial charge is 0.452 e. The van der Waals surface area contributed by atoms with Gasteiger partial charge < -0.3 is 10.1 Å². The average Bonchev–Trinajstić information content (AvgIpc) is 3.35. The van der Waals surface area contributed by atoms with Crippen LogP contribution in [-0.2, 0) is 19.6 Å². The molecule has 1 amide bonds. The van der Waals surface area contributed by atoms with Crippen LogP contribution >= 0.6 is 0 Å². The Hall–Kier alpha value is -1.93. The van der Waals surface area contributed by atoms with Gasteiger partial charge in [0, 0.05) is 11.6 Å². The Bertz CT molecular complexity index is 754. The van der Waals surface area contributed by atoms with E-state index in [0.29, 0.717) is 0 Å². The zero-order valence-electron chi connectivity index (χ0n) is 14.7. The minimum atomic E-state index is -3.65. The van der Waals surface area contributed by atoms with Gasteiger partial charge in [-0.1, -0.05) is 13.0 Å². The SMILES string of the molecule is CCC(C)(C)NC(=O)COC(=O)c1cccc(S(=O)(=O)NC2CC2)c1. The van der Waals surface area contributed by atoms with Gasteiger partial charge in [-0.05, 0) is 51.3 Å². The average molecular weight is 368 g/mol. The second-order valence-corrected chi connectivity index (χ2v) is 8.50. The summed E-state index contributed by atoms with van der Waals surface area (Å²) in [6.07, 6.45) is 2.38. The number of rotatable bonds is 8. The summed E-state index contributed by atoms with van der Waals surface area (Å²) in [6.45, 7) is 5.26. The minimum Gasteiger partial charge on any atom is -0.452 e. The van der Waals surface area contributed by atoms with E-state index < -0.39 is 28.5 Å². The molecule has 1 aliphatic rings. The van der Waals surface area contributed by atoms with Crippen molar-refractivity contribution in [2.24, 2.45) is 0 Å². The highest BCUT2D eigenvalue weighted by Crippen LogP contribution is 2.22. The van der Waals surface area contributed by atoms with Gasteiger partial charge in [-0.3, -0.25) is 4.79 Å². The van der Waals surface area contributed by atoms with Crippen LogP contribution in [0.25, 0.3) is 0 Å². The molecule has 25 heavy (non-hydrogen) atoms. The van der Waals surface area contributed by atoms with Crippen molar-refractivity contribution in [3.63, 3.8) is 0 Å². The number of sulfonamides is 1. The fourth-order valence-corrected chi connectivity index (χ4v) is 3.35. The molecule has 0 bridgehead atoms. The third-order valence-electron chi connectivity index (χ3n) is 3.98. The summed E-state index contributed by atoms with van der Waals surface area (Å²) < 4.78 is 31.9. The third kappa shape index (κ3) is 5.82. The lowest BCUT2D eigenvalue weighted by atomic mass is 10.0. The van der Waals surface area contributed by atoms with Crippen LogP contribution in [0.1, 0.15) is 50.4 Å². The second-order valence-electron chi connectivity index (χ2n) is 6.79. The summed E-state index contributed by atoms with van der Waals surface area (Å²) in [6, 6.07) is 5.56. The molecule has 7 nitrogen and oxygen atoms in total. The summed E-state index contributed by atoms with van der Waals surface area (Å²) >= 11 is 0. The third-order valence-corrected chi connectivity index (χ3v) is 5.49. The smallest absolute Gasteiger partial charge is 0.338 e. The highest BCUT2D eigenvalue weighted by atomic mass is 32.2. The molecule has 0 aliphatic heterocycles. The fraction of sp³-hybridized carbons (Fsp3) is 0.529. The first-order valence-electron chi connectivity index (χ1n) is 8.23. The Morgan fingerprint density at radius 2 is 1.96 bits per heavy atom. The number of benzene rings is 1. The Morgan fingerprint density at radius 3 is 2.56 bits per heavy atom. The van der Waals surface area contributed by atoms with Crippen LogP contribution in [0.15, 0.2) is 29.2 Å². The van der Waals surface area contributed by atoms with E-state index >= 15 is 0 Å². The van der Waals surface area contributed by atoms with E-state index in [1.54, 1.807) is 0 Å². The van der Waals surface area contributed by atoms with Crippen molar-refractivity contribution in [1.82, 2.24) is 10.0 Å². The molecule has 2 N–H and O–H groups in total. The first-order valence-corrected chi connectivity index (χ1v) is 9.72. The van der Waals surface area contributed by atoms with Crippen LogP contribution in [0.3, 0.4) is 0 Å². The molecule has 1 fully saturated rings. The lowest BCUT2D eigenvalue weighted by Gasteiger charge is -2.24. The molecule has 0 radical (unpaired) electrons. The Labute approximate surface area is 148 Å². The van der Waals surface area contributed by atoms with Gasteiger partial charge in [0.1, 0.15) is 0 Å². The van der Waals surface area contributed by atoms with Crippen LogP contribution in [0, 0.1) is 0 Å². The van der Waals surface area contributed by atoms with Crippen LogP contribution < -0.4 is 10.0 Å². The maximum atomic E-state index is 12.2. The van der Waals surface area contributed by atoms with E-state index in [4.69, 9.17) is 4.74 Å². The molecule has 138 valence electrons. The standard InChI is InChI=1S/C17H24N2O5S/c1-4-17(2,3)18-15(20)11-24-16(21)12-6-5-7-14(10-12)25(22,23)19-13-8-9-13/h5-7,10,13,19H,4,8-9,11H2,1-3H3,(H,18,20). The summed E-state index contributed by atoms with van der Waals surface area (Å²) in [7, 11) is -3.65. The number of carbonyl (C=O) groups excluding carboxylic acids is 2. The second kappa shape index (κ2) is 7.53. The molecule has 1 aliphatic carbocycles. The molecular weight excluding hydrogens is 344 g/mol. The zero-order chi connectivity index (χ0) is 18.7. The number of hydrogen-bond donors (Lipinski definition) is 2. The lowest BCUT2D eigenvalue weighted by molar-refractivity contribution is -0.125. The topological polar surface area (TPSA) is 102 Å². The van der Waals surface area contributed by atoms with Gasteiger partial charge >= 0.3 is 5.97 Å². The Morgan fingerprint density at radius 1 is 1.28 bits per heavy atom. The van der Waals surface area contributed by atoms with E-state index in [1.807, 2.05) is 20.8 Å². The fourth-order valence-electron chi connectivity index (χ4n) is 2.00. The highest BCUT2D eigenvalue weighted by Gasteiger charge is 2.28. The van der Waals surface area contributed by atoms with Gasteiger partial charge in [0.25, 0.3) is 5.91 Å². The van der Waals surface area contributed by atoms with Crippen molar-refractivity contribution in [3.05, 3.63) is 29.8 Å². The molecule has 0 spiro atoms. The van der Waals surface area contributed by atoms with Crippen molar-refractivity contribution in [3.8, 4) is 0 Å². The molecule has 1 aromatic rings. The predicted molar refractivity (Wildman–Crippen MR) is 92.6 cm³/mol. The van der Waals surface area contributed by atoms with Gasteiger partial charge in [0.15, 0.2) is 6.61 Å². The van der Waals surface area contributed by atoms with E-state index in [9.17, 15) is 18.0 Å². The van der Waals surface area contributed by atoms with Gasteiger partial charge in [-0.15, -0.1) is 0 Å². The molecule has 1 saturated carbocycles. The van der Waals surface area contributed by atoms with E-state index in [-0.39, 0.29) is 22.0 Å². The number of nitrogens with one attached hydrogen (secondary N) is 2. The van der Waals surface area contributed by atoms with E-state index in [1.165, 1.54) is 24.3 Å². The quantitative estimate of drug-likeness (QED) is 0.679. The van der Waals surface area contributed by atoms with Crippen molar-refractivity contribution in [2.45, 2.75) is 56.5 Å². The Kier molecular flexibility index (Phi) is 5.84. The number of amides is 1. The molecule has 0 aromatic heterocycles. The molecular formula is C17H24N2O5S. The first kappa shape index (κ1) is 19.4. The maximum absolute atomic E-state index is 12.2.